The van der Waals surface area contributed by atoms with Crippen molar-refractivity contribution in [3.63, 3.8) is 0 Å². The molecule has 0 saturated heterocycles. The Morgan fingerprint density at radius 2 is 1.93 bits per heavy atom. The van der Waals surface area contributed by atoms with Gasteiger partial charge in [-0.05, 0) is 23.8 Å². The Morgan fingerprint density at radius 3 is 2.67 bits per heavy atom. The van der Waals surface area contributed by atoms with Crippen molar-refractivity contribution in [2.75, 3.05) is 19.8 Å². The predicted molar refractivity (Wildman–Crippen MR) is 91.2 cm³/mol. The maximum Gasteiger partial charge on any atom is 0.416 e. The quantitative estimate of drug-likeness (QED) is 0.821. The number of alkyl halides is 3. The summed E-state index contributed by atoms with van der Waals surface area (Å²) in [6.45, 7) is 0.238. The molecule has 2 N–H and O–H groups in total. The highest BCUT2D eigenvalue weighted by molar-refractivity contribution is 6.32. The molecule has 0 radical (unpaired) electrons. The number of ether oxygens (including phenoxy) is 2. The van der Waals surface area contributed by atoms with Crippen LogP contribution in [0.4, 0.5) is 13.2 Å². The molecule has 0 saturated carbocycles. The van der Waals surface area contributed by atoms with Crippen LogP contribution in [0, 0.1) is 0 Å². The predicted octanol–water partition coefficient (Wildman–Crippen LogP) is 3.59. The zero-order valence-electron chi connectivity index (χ0n) is 13.8. The molecule has 27 heavy (non-hydrogen) atoms. The van der Waals surface area contributed by atoms with Crippen molar-refractivity contribution in [2.24, 2.45) is 0 Å². The van der Waals surface area contributed by atoms with Gasteiger partial charge in [0, 0.05) is 12.1 Å². The van der Waals surface area contributed by atoms with Crippen molar-refractivity contribution in [3.05, 3.63) is 58.1 Å². The molecular weight excluding hydrogens is 387 g/mol. The molecule has 0 aliphatic carbocycles. The number of amides is 1. The minimum absolute atomic E-state index is 0.139. The van der Waals surface area contributed by atoms with Gasteiger partial charge in [0.2, 0.25) is 0 Å². The highest BCUT2D eigenvalue weighted by Crippen LogP contribution is 2.38. The molecule has 1 heterocycles. The second-order valence-corrected chi connectivity index (χ2v) is 6.20. The topological polar surface area (TPSA) is 67.8 Å². The molecule has 0 aromatic heterocycles. The number of rotatable bonds is 4. The van der Waals surface area contributed by atoms with E-state index in [1.807, 2.05) is 0 Å². The van der Waals surface area contributed by atoms with Crippen LogP contribution >= 0.6 is 11.6 Å². The fourth-order valence-electron chi connectivity index (χ4n) is 2.69. The van der Waals surface area contributed by atoms with E-state index in [2.05, 4.69) is 5.32 Å². The Kier molecular flexibility index (Phi) is 5.48. The molecule has 0 fully saturated rings. The number of aliphatic hydroxyl groups is 1. The first kappa shape index (κ1) is 19.3. The summed E-state index contributed by atoms with van der Waals surface area (Å²) < 4.78 is 49.8. The number of hydrogen-bond acceptors (Lipinski definition) is 4. The van der Waals surface area contributed by atoms with Crippen molar-refractivity contribution >= 4 is 17.5 Å². The molecule has 1 amide bonds. The third-order valence-corrected chi connectivity index (χ3v) is 4.22. The van der Waals surface area contributed by atoms with Crippen molar-refractivity contribution in [1.29, 1.82) is 0 Å². The lowest BCUT2D eigenvalue weighted by atomic mass is 10.0. The van der Waals surface area contributed by atoms with E-state index in [0.717, 1.165) is 6.07 Å². The number of hydrogen-bond donors (Lipinski definition) is 2. The number of fused-ring (bicyclic) bond motifs is 1. The van der Waals surface area contributed by atoms with E-state index in [-0.39, 0.29) is 16.1 Å². The summed E-state index contributed by atoms with van der Waals surface area (Å²) >= 11 is 6.06. The maximum atomic E-state index is 13.0. The van der Waals surface area contributed by atoms with E-state index in [1.54, 1.807) is 0 Å². The number of benzene rings is 2. The van der Waals surface area contributed by atoms with E-state index < -0.39 is 30.3 Å². The first-order chi connectivity index (χ1) is 12.8. The van der Waals surface area contributed by atoms with Crippen LogP contribution in [-0.2, 0) is 6.18 Å². The number of aliphatic hydroxyl groups excluding tert-OH is 1. The highest BCUT2D eigenvalue weighted by atomic mass is 35.5. The largest absolute Gasteiger partial charge is 0.486 e. The zero-order chi connectivity index (χ0) is 19.6. The van der Waals surface area contributed by atoms with E-state index in [4.69, 9.17) is 21.1 Å². The van der Waals surface area contributed by atoms with Gasteiger partial charge < -0.3 is 19.9 Å². The number of nitrogens with one attached hydrogen (secondary N) is 1. The van der Waals surface area contributed by atoms with Crippen LogP contribution in [0.2, 0.25) is 5.02 Å². The second kappa shape index (κ2) is 7.66. The van der Waals surface area contributed by atoms with Gasteiger partial charge in [-0.1, -0.05) is 29.8 Å². The van der Waals surface area contributed by atoms with E-state index in [9.17, 15) is 23.1 Å². The summed E-state index contributed by atoms with van der Waals surface area (Å²) in [6, 6.07) is 7.44. The third-order valence-electron chi connectivity index (χ3n) is 3.94. The second-order valence-electron chi connectivity index (χ2n) is 5.79. The van der Waals surface area contributed by atoms with Crippen LogP contribution in [0.25, 0.3) is 0 Å². The van der Waals surface area contributed by atoms with Gasteiger partial charge in [0.05, 0.1) is 16.7 Å². The SMILES string of the molecule is O=C(NCC(O)c1ccccc1C(F)(F)F)c1cc(Cl)c2c(c1)OCCO2. The van der Waals surface area contributed by atoms with Gasteiger partial charge in [0.15, 0.2) is 11.5 Å². The Bertz CT molecular complexity index is 857. The molecule has 1 atom stereocenters. The molecule has 9 heteroatoms. The average molecular weight is 402 g/mol. The third kappa shape index (κ3) is 4.28. The molecular formula is C18H15ClF3NO4. The van der Waals surface area contributed by atoms with Crippen LogP contribution in [-0.4, -0.2) is 30.8 Å². The van der Waals surface area contributed by atoms with Crippen LogP contribution in [0.5, 0.6) is 11.5 Å². The molecule has 144 valence electrons. The van der Waals surface area contributed by atoms with Gasteiger partial charge in [-0.3, -0.25) is 4.79 Å². The molecule has 1 unspecified atom stereocenters. The standard InChI is InChI=1S/C18H15ClF3NO4/c19-13-7-10(8-15-16(13)27-6-5-26-15)17(25)23-9-14(24)11-3-1-2-4-12(11)18(20,21)22/h1-4,7-8,14,24H,5-6,9H2,(H,23,25). The molecule has 2 aromatic rings. The van der Waals surface area contributed by atoms with Crippen molar-refractivity contribution in [3.8, 4) is 11.5 Å². The Hall–Kier alpha value is -2.45. The van der Waals surface area contributed by atoms with Crippen LogP contribution in [0.15, 0.2) is 36.4 Å². The normalized spacial score (nSPS) is 14.6. The van der Waals surface area contributed by atoms with Crippen LogP contribution in [0.1, 0.15) is 27.6 Å². The van der Waals surface area contributed by atoms with Gasteiger partial charge in [-0.2, -0.15) is 13.2 Å². The summed E-state index contributed by atoms with van der Waals surface area (Å²) in [5.41, 5.74) is -1.12. The van der Waals surface area contributed by atoms with Crippen molar-refractivity contribution in [2.45, 2.75) is 12.3 Å². The lowest BCUT2D eigenvalue weighted by Gasteiger charge is -2.20. The fraction of sp³-hybridized carbons (Fsp3) is 0.278. The number of carbonyl (C=O) groups is 1. The minimum atomic E-state index is -4.61. The summed E-state index contributed by atoms with van der Waals surface area (Å²) in [6.07, 6.45) is -6.13. The van der Waals surface area contributed by atoms with Gasteiger partial charge in [0.1, 0.15) is 13.2 Å². The summed E-state index contributed by atoms with van der Waals surface area (Å²) in [5, 5.41) is 12.7. The smallest absolute Gasteiger partial charge is 0.416 e. The Balaban J connectivity index is 1.72. The molecule has 0 bridgehead atoms. The molecule has 1 aliphatic heterocycles. The molecule has 3 rings (SSSR count). The Morgan fingerprint density at radius 1 is 1.22 bits per heavy atom. The van der Waals surface area contributed by atoms with Gasteiger partial charge in [0.25, 0.3) is 5.91 Å². The van der Waals surface area contributed by atoms with Gasteiger partial charge in [-0.25, -0.2) is 0 Å². The molecule has 1 aliphatic rings. The summed E-state index contributed by atoms with van der Waals surface area (Å²) in [4.78, 5) is 12.3. The monoisotopic (exact) mass is 401 g/mol. The van der Waals surface area contributed by atoms with Crippen molar-refractivity contribution < 1.29 is 32.5 Å². The Labute approximate surface area is 157 Å². The summed E-state index contributed by atoms with van der Waals surface area (Å²) in [7, 11) is 0. The van der Waals surface area contributed by atoms with Gasteiger partial charge >= 0.3 is 6.18 Å². The molecule has 2 aromatic carbocycles. The van der Waals surface area contributed by atoms with Crippen LogP contribution in [0.3, 0.4) is 0 Å². The molecule has 0 spiro atoms. The van der Waals surface area contributed by atoms with E-state index >= 15 is 0 Å². The van der Waals surface area contributed by atoms with E-state index in [1.165, 1.54) is 30.3 Å². The first-order valence-electron chi connectivity index (χ1n) is 7.99. The van der Waals surface area contributed by atoms with Crippen LogP contribution < -0.4 is 14.8 Å². The van der Waals surface area contributed by atoms with Crippen molar-refractivity contribution in [1.82, 2.24) is 5.32 Å². The number of halogens is 4. The zero-order valence-corrected chi connectivity index (χ0v) is 14.6. The minimum Gasteiger partial charge on any atom is -0.486 e. The average Bonchev–Trinajstić information content (AvgIpc) is 2.65. The number of carbonyl (C=O) groups excluding carboxylic acids is 1. The first-order valence-corrected chi connectivity index (χ1v) is 8.36. The van der Waals surface area contributed by atoms with E-state index in [0.29, 0.717) is 24.7 Å². The van der Waals surface area contributed by atoms with Gasteiger partial charge in [-0.15, -0.1) is 0 Å². The maximum absolute atomic E-state index is 13.0. The lowest BCUT2D eigenvalue weighted by molar-refractivity contribution is -0.139. The lowest BCUT2D eigenvalue weighted by Crippen LogP contribution is -2.29. The highest BCUT2D eigenvalue weighted by Gasteiger charge is 2.34. The fourth-order valence-corrected chi connectivity index (χ4v) is 2.95. The summed E-state index contributed by atoms with van der Waals surface area (Å²) in [5.74, 6) is 0.0258. The molecule has 5 nitrogen and oxygen atoms in total.